The summed E-state index contributed by atoms with van der Waals surface area (Å²) in [6.07, 6.45) is -0.364. The normalized spacial score (nSPS) is 11.7. The van der Waals surface area contributed by atoms with Crippen LogP contribution in [-0.2, 0) is 25.5 Å². The van der Waals surface area contributed by atoms with E-state index >= 15 is 0 Å². The number of methoxy groups -OCH3 is 1. The van der Waals surface area contributed by atoms with Crippen LogP contribution in [0.1, 0.15) is 16.8 Å². The van der Waals surface area contributed by atoms with Crippen molar-refractivity contribution in [3.8, 4) is 0 Å². The number of ketones is 1. The number of aromatic nitrogens is 2. The highest BCUT2D eigenvalue weighted by molar-refractivity contribution is 9.10. The molecule has 0 saturated carbocycles. The Hall–Kier alpha value is -3.33. The van der Waals surface area contributed by atoms with Crippen molar-refractivity contribution in [1.82, 2.24) is 9.97 Å². The highest BCUT2D eigenvalue weighted by atomic mass is 79.9. The number of esters is 1. The molecule has 0 fully saturated rings. The van der Waals surface area contributed by atoms with Crippen LogP contribution in [0.4, 0.5) is 5.69 Å². The second-order valence-corrected chi connectivity index (χ2v) is 7.99. The number of hydrogen-bond donors (Lipinski definition) is 2. The third-order valence-corrected chi connectivity index (χ3v) is 5.43. The molecule has 3 rings (SSSR count). The van der Waals surface area contributed by atoms with E-state index in [9.17, 15) is 19.2 Å². The molecule has 1 aromatic heterocycles. The Balaban J connectivity index is 1.89. The second kappa shape index (κ2) is 9.22. The zero-order chi connectivity index (χ0) is 22.7. The van der Waals surface area contributed by atoms with E-state index in [1.165, 1.54) is 0 Å². The monoisotopic (exact) mass is 485 g/mol. The molecule has 0 aliphatic rings. The smallest absolute Gasteiger partial charge is 0.317 e. The number of anilines is 1. The minimum absolute atomic E-state index is 0.0315. The number of carbonyl (C=O) groups is 3. The number of aromatic amines is 1. The molecule has 1 atom stereocenters. The zero-order valence-electron chi connectivity index (χ0n) is 17.1. The molecular weight excluding hydrogens is 466 g/mol. The molecule has 0 saturated heterocycles. The topological polar surface area (TPSA) is 118 Å². The number of fused-ring (bicyclic) bond motifs is 1. The summed E-state index contributed by atoms with van der Waals surface area (Å²) >= 11 is 3.28. The van der Waals surface area contributed by atoms with Crippen molar-refractivity contribution in [3.05, 3.63) is 68.0 Å². The van der Waals surface area contributed by atoms with Crippen molar-refractivity contribution in [1.29, 1.82) is 0 Å². The van der Waals surface area contributed by atoms with Crippen LogP contribution < -0.4 is 10.9 Å². The molecule has 31 heavy (non-hydrogen) atoms. The molecule has 3 aromatic rings. The van der Waals surface area contributed by atoms with E-state index in [4.69, 9.17) is 4.74 Å². The molecule has 0 bridgehead atoms. The summed E-state index contributed by atoms with van der Waals surface area (Å²) in [4.78, 5) is 57.0. The minimum atomic E-state index is -1.50. The Morgan fingerprint density at radius 1 is 1.13 bits per heavy atom. The number of benzene rings is 2. The van der Waals surface area contributed by atoms with Gasteiger partial charge < -0.3 is 15.0 Å². The van der Waals surface area contributed by atoms with Crippen LogP contribution in [0.3, 0.4) is 0 Å². The maximum absolute atomic E-state index is 12.7. The number of H-pyrrole nitrogens is 1. The van der Waals surface area contributed by atoms with Gasteiger partial charge in [0.05, 0.1) is 18.1 Å². The third kappa shape index (κ3) is 5.05. The van der Waals surface area contributed by atoms with Crippen LogP contribution in [-0.4, -0.2) is 34.7 Å². The Morgan fingerprint density at radius 3 is 2.42 bits per heavy atom. The van der Waals surface area contributed by atoms with E-state index in [-0.39, 0.29) is 12.1 Å². The van der Waals surface area contributed by atoms with Gasteiger partial charge >= 0.3 is 5.97 Å². The first-order valence-electron chi connectivity index (χ1n) is 9.38. The average molecular weight is 486 g/mol. The van der Waals surface area contributed by atoms with E-state index in [1.807, 2.05) is 13.8 Å². The summed E-state index contributed by atoms with van der Waals surface area (Å²) in [7, 11) is 1.11. The highest BCUT2D eigenvalue weighted by Gasteiger charge is 2.34. The standard InChI is InChI=1S/C22H20BrN3O5/c1-11-8-16-17(9-12(11)2)26-20(28)18(25-16)10-15(22(30)31-3)19(27)21(29)24-14-6-4-13(23)5-7-14/h4-9,15H,10H2,1-3H3,(H,24,29)(H,26,28)/t15-/m1/s1. The van der Waals surface area contributed by atoms with Crippen molar-refractivity contribution in [2.75, 3.05) is 12.4 Å². The predicted molar refractivity (Wildman–Crippen MR) is 119 cm³/mol. The number of aryl methyl sites for hydroxylation is 2. The molecule has 8 nitrogen and oxygen atoms in total. The number of hydrogen-bond acceptors (Lipinski definition) is 6. The van der Waals surface area contributed by atoms with Crippen molar-refractivity contribution in [3.63, 3.8) is 0 Å². The molecular formula is C22H20BrN3O5. The van der Waals surface area contributed by atoms with Gasteiger partial charge in [0, 0.05) is 16.6 Å². The molecule has 0 aliphatic heterocycles. The molecule has 0 spiro atoms. The van der Waals surface area contributed by atoms with Crippen LogP contribution in [0.2, 0.25) is 0 Å². The first kappa shape index (κ1) is 22.4. The summed E-state index contributed by atoms with van der Waals surface area (Å²) in [5.41, 5.74) is 2.86. The van der Waals surface area contributed by atoms with Crippen molar-refractivity contribution in [2.24, 2.45) is 5.92 Å². The molecule has 1 amide bonds. The number of rotatable bonds is 6. The second-order valence-electron chi connectivity index (χ2n) is 7.07. The fourth-order valence-electron chi connectivity index (χ4n) is 3.03. The Labute approximate surface area is 186 Å². The average Bonchev–Trinajstić information content (AvgIpc) is 2.74. The molecule has 1 heterocycles. The first-order chi connectivity index (χ1) is 14.7. The summed E-state index contributed by atoms with van der Waals surface area (Å²) in [6.45, 7) is 3.82. The quantitative estimate of drug-likeness (QED) is 0.314. The van der Waals surface area contributed by atoms with E-state index in [1.54, 1.807) is 36.4 Å². The van der Waals surface area contributed by atoms with Crippen molar-refractivity contribution >= 4 is 50.3 Å². The fourth-order valence-corrected chi connectivity index (χ4v) is 3.29. The largest absolute Gasteiger partial charge is 0.468 e. The Morgan fingerprint density at radius 2 is 1.77 bits per heavy atom. The van der Waals surface area contributed by atoms with Crippen LogP contribution in [0.15, 0.2) is 45.7 Å². The van der Waals surface area contributed by atoms with Crippen LogP contribution >= 0.6 is 15.9 Å². The van der Waals surface area contributed by atoms with Gasteiger partial charge in [-0.25, -0.2) is 4.98 Å². The minimum Gasteiger partial charge on any atom is -0.468 e. The summed E-state index contributed by atoms with van der Waals surface area (Å²) in [5.74, 6) is -4.42. The van der Waals surface area contributed by atoms with Crippen molar-refractivity contribution in [2.45, 2.75) is 20.3 Å². The molecule has 0 aliphatic carbocycles. The van der Waals surface area contributed by atoms with E-state index < -0.39 is 29.1 Å². The maximum Gasteiger partial charge on any atom is 0.317 e. The van der Waals surface area contributed by atoms with Gasteiger partial charge in [-0.3, -0.25) is 19.2 Å². The van der Waals surface area contributed by atoms with Gasteiger partial charge in [-0.15, -0.1) is 0 Å². The van der Waals surface area contributed by atoms with Gasteiger partial charge in [0.25, 0.3) is 11.5 Å². The molecule has 0 radical (unpaired) electrons. The number of ether oxygens (including phenoxy) is 1. The third-order valence-electron chi connectivity index (χ3n) is 4.90. The van der Waals surface area contributed by atoms with E-state index in [0.717, 1.165) is 22.7 Å². The van der Waals surface area contributed by atoms with Crippen LogP contribution in [0, 0.1) is 19.8 Å². The first-order valence-corrected chi connectivity index (χ1v) is 10.2. The molecule has 9 heteroatoms. The van der Waals surface area contributed by atoms with Gasteiger partial charge in [-0.2, -0.15) is 0 Å². The molecule has 160 valence electrons. The number of nitrogens with zero attached hydrogens (tertiary/aromatic N) is 1. The Kier molecular flexibility index (Phi) is 6.65. The highest BCUT2D eigenvalue weighted by Crippen LogP contribution is 2.18. The predicted octanol–water partition coefficient (Wildman–Crippen LogP) is 2.84. The van der Waals surface area contributed by atoms with E-state index in [0.29, 0.717) is 16.7 Å². The molecule has 2 aromatic carbocycles. The summed E-state index contributed by atoms with van der Waals surface area (Å²) in [5, 5.41) is 2.45. The SMILES string of the molecule is COC(=O)[C@H](Cc1nc2cc(C)c(C)cc2[nH]c1=O)C(=O)C(=O)Nc1ccc(Br)cc1. The van der Waals surface area contributed by atoms with E-state index in [2.05, 4.69) is 31.2 Å². The van der Waals surface area contributed by atoms with Gasteiger partial charge in [0.2, 0.25) is 5.78 Å². The number of carbonyl (C=O) groups excluding carboxylic acids is 3. The van der Waals surface area contributed by atoms with Crippen LogP contribution in [0.25, 0.3) is 11.0 Å². The van der Waals surface area contributed by atoms with Gasteiger partial charge in [-0.1, -0.05) is 15.9 Å². The lowest BCUT2D eigenvalue weighted by Crippen LogP contribution is -2.37. The van der Waals surface area contributed by atoms with Gasteiger partial charge in [-0.05, 0) is 61.4 Å². The molecule has 2 N–H and O–H groups in total. The lowest BCUT2D eigenvalue weighted by Gasteiger charge is -2.13. The Bertz CT molecular complexity index is 1230. The fraction of sp³-hybridized carbons (Fsp3) is 0.227. The number of Topliss-reactive ketones (excluding diaryl/α,β-unsaturated/α-hetero) is 1. The number of nitrogens with one attached hydrogen (secondary N) is 2. The molecule has 0 unspecified atom stereocenters. The lowest BCUT2D eigenvalue weighted by molar-refractivity contribution is -0.152. The maximum atomic E-state index is 12.7. The summed E-state index contributed by atoms with van der Waals surface area (Å²) in [6, 6.07) is 10.2. The summed E-state index contributed by atoms with van der Waals surface area (Å²) < 4.78 is 5.50. The van der Waals surface area contributed by atoms with Crippen LogP contribution in [0.5, 0.6) is 0 Å². The zero-order valence-corrected chi connectivity index (χ0v) is 18.7. The van der Waals surface area contributed by atoms with Crippen molar-refractivity contribution < 1.29 is 19.1 Å². The lowest BCUT2D eigenvalue weighted by atomic mass is 9.97. The van der Waals surface area contributed by atoms with Gasteiger partial charge in [0.1, 0.15) is 11.6 Å². The number of halogens is 1. The van der Waals surface area contributed by atoms with Gasteiger partial charge in [0.15, 0.2) is 0 Å². The number of amides is 1.